The van der Waals surface area contributed by atoms with E-state index < -0.39 is 0 Å². The standard InChI is InChI=1S/C9H14N4O2/c1-6(10)2-3-11-9(15)7-4-13-8(14)5-12-7/h4-6H,2-3,10H2,1H3,(H,11,15)(H,13,14). The minimum absolute atomic E-state index is 0.0499. The molecule has 1 rings (SSSR count). The van der Waals surface area contributed by atoms with E-state index in [9.17, 15) is 9.59 Å². The summed E-state index contributed by atoms with van der Waals surface area (Å²) in [5.41, 5.74) is 5.39. The van der Waals surface area contributed by atoms with Gasteiger partial charge < -0.3 is 16.0 Å². The zero-order valence-electron chi connectivity index (χ0n) is 8.49. The Labute approximate surface area is 86.9 Å². The normalized spacial score (nSPS) is 12.1. The highest BCUT2D eigenvalue weighted by atomic mass is 16.2. The van der Waals surface area contributed by atoms with Crippen molar-refractivity contribution in [2.75, 3.05) is 6.54 Å². The van der Waals surface area contributed by atoms with Crippen molar-refractivity contribution in [3.63, 3.8) is 0 Å². The van der Waals surface area contributed by atoms with Crippen molar-refractivity contribution in [2.45, 2.75) is 19.4 Å². The number of aromatic amines is 1. The zero-order chi connectivity index (χ0) is 11.3. The molecule has 0 saturated carbocycles. The van der Waals surface area contributed by atoms with Gasteiger partial charge in [-0.2, -0.15) is 0 Å². The van der Waals surface area contributed by atoms with Crippen LogP contribution in [0.3, 0.4) is 0 Å². The summed E-state index contributed by atoms with van der Waals surface area (Å²) in [6, 6.07) is 0.0499. The van der Waals surface area contributed by atoms with Gasteiger partial charge in [-0.25, -0.2) is 4.98 Å². The molecule has 0 fully saturated rings. The van der Waals surface area contributed by atoms with E-state index in [0.717, 1.165) is 6.20 Å². The Balaban J connectivity index is 2.47. The third-order valence-corrected chi connectivity index (χ3v) is 1.79. The highest BCUT2D eigenvalue weighted by Gasteiger charge is 2.06. The average molecular weight is 210 g/mol. The highest BCUT2D eigenvalue weighted by molar-refractivity contribution is 5.91. The first-order chi connectivity index (χ1) is 7.09. The maximum Gasteiger partial charge on any atom is 0.271 e. The molecule has 1 heterocycles. The van der Waals surface area contributed by atoms with E-state index >= 15 is 0 Å². The van der Waals surface area contributed by atoms with Crippen molar-refractivity contribution < 1.29 is 4.79 Å². The largest absolute Gasteiger partial charge is 0.351 e. The first-order valence-electron chi connectivity index (χ1n) is 4.68. The minimum Gasteiger partial charge on any atom is -0.351 e. The Bertz CT molecular complexity index is 365. The van der Waals surface area contributed by atoms with Crippen LogP contribution in [-0.4, -0.2) is 28.5 Å². The van der Waals surface area contributed by atoms with Gasteiger partial charge in [0.25, 0.3) is 11.5 Å². The van der Waals surface area contributed by atoms with Gasteiger partial charge >= 0.3 is 0 Å². The number of aromatic nitrogens is 2. The molecule has 6 heteroatoms. The molecule has 6 nitrogen and oxygen atoms in total. The van der Waals surface area contributed by atoms with Crippen LogP contribution in [0.15, 0.2) is 17.2 Å². The Kier molecular flexibility index (Phi) is 3.99. The van der Waals surface area contributed by atoms with Crippen LogP contribution in [0.1, 0.15) is 23.8 Å². The Morgan fingerprint density at radius 2 is 2.47 bits per heavy atom. The molecule has 0 spiro atoms. The molecular weight excluding hydrogens is 196 g/mol. The van der Waals surface area contributed by atoms with E-state index in [1.54, 1.807) is 0 Å². The number of nitrogens with zero attached hydrogens (tertiary/aromatic N) is 1. The van der Waals surface area contributed by atoms with Gasteiger partial charge in [0.15, 0.2) is 0 Å². The zero-order valence-corrected chi connectivity index (χ0v) is 8.49. The lowest BCUT2D eigenvalue weighted by Crippen LogP contribution is -2.30. The van der Waals surface area contributed by atoms with Gasteiger partial charge in [0.2, 0.25) is 0 Å². The molecule has 1 aromatic rings. The van der Waals surface area contributed by atoms with Crippen molar-refractivity contribution in [1.29, 1.82) is 0 Å². The lowest BCUT2D eigenvalue weighted by Gasteiger charge is -2.06. The highest BCUT2D eigenvalue weighted by Crippen LogP contribution is 1.89. The molecule has 82 valence electrons. The van der Waals surface area contributed by atoms with Crippen molar-refractivity contribution in [3.05, 3.63) is 28.4 Å². The third-order valence-electron chi connectivity index (χ3n) is 1.79. The number of hydrogen-bond acceptors (Lipinski definition) is 4. The van der Waals surface area contributed by atoms with E-state index in [-0.39, 0.29) is 23.2 Å². The molecule has 0 bridgehead atoms. The fourth-order valence-electron chi connectivity index (χ4n) is 0.970. The first-order valence-corrected chi connectivity index (χ1v) is 4.68. The molecule has 1 atom stereocenters. The third kappa shape index (κ3) is 3.90. The second-order valence-corrected chi connectivity index (χ2v) is 3.32. The summed E-state index contributed by atoms with van der Waals surface area (Å²) in [5.74, 6) is -0.313. The molecule has 0 aliphatic rings. The quantitative estimate of drug-likeness (QED) is 0.607. The first kappa shape index (κ1) is 11.4. The van der Waals surface area contributed by atoms with E-state index in [1.807, 2.05) is 6.92 Å². The average Bonchev–Trinajstić information content (AvgIpc) is 2.18. The molecule has 1 aromatic heterocycles. The SMILES string of the molecule is CC(N)CCNC(=O)c1c[nH]c(=O)cn1. The van der Waals surface area contributed by atoms with Crippen LogP contribution in [-0.2, 0) is 0 Å². The molecule has 4 N–H and O–H groups in total. The fourth-order valence-corrected chi connectivity index (χ4v) is 0.970. The molecule has 0 saturated heterocycles. The topological polar surface area (TPSA) is 101 Å². The molecule has 1 unspecified atom stereocenters. The van der Waals surface area contributed by atoms with Gasteiger partial charge in [-0.3, -0.25) is 9.59 Å². The summed E-state index contributed by atoms with van der Waals surface area (Å²) >= 11 is 0. The van der Waals surface area contributed by atoms with Gasteiger partial charge in [-0.15, -0.1) is 0 Å². The maximum atomic E-state index is 11.4. The van der Waals surface area contributed by atoms with Crippen LogP contribution < -0.4 is 16.6 Å². The Morgan fingerprint density at radius 3 is 3.00 bits per heavy atom. The van der Waals surface area contributed by atoms with Gasteiger partial charge in [-0.1, -0.05) is 0 Å². The number of hydrogen-bond donors (Lipinski definition) is 3. The lowest BCUT2D eigenvalue weighted by molar-refractivity contribution is 0.0947. The summed E-state index contributed by atoms with van der Waals surface area (Å²) in [7, 11) is 0. The summed E-state index contributed by atoms with van der Waals surface area (Å²) in [5, 5.41) is 2.65. The van der Waals surface area contributed by atoms with E-state index in [1.165, 1.54) is 6.20 Å². The van der Waals surface area contributed by atoms with Gasteiger partial charge in [0.05, 0.1) is 6.20 Å². The molecule has 1 amide bonds. The fraction of sp³-hybridized carbons (Fsp3) is 0.444. The van der Waals surface area contributed by atoms with E-state index in [4.69, 9.17) is 5.73 Å². The van der Waals surface area contributed by atoms with E-state index in [0.29, 0.717) is 13.0 Å². The number of carbonyl (C=O) groups excluding carboxylic acids is 1. The molecule has 0 radical (unpaired) electrons. The van der Waals surface area contributed by atoms with Gasteiger partial charge in [0.1, 0.15) is 5.69 Å². The summed E-state index contributed by atoms with van der Waals surface area (Å²) in [6.45, 7) is 2.36. The molecular formula is C9H14N4O2. The molecule has 0 aliphatic carbocycles. The van der Waals surface area contributed by atoms with Crippen molar-refractivity contribution in [2.24, 2.45) is 5.73 Å². The number of H-pyrrole nitrogens is 1. The van der Waals surface area contributed by atoms with Crippen molar-refractivity contribution >= 4 is 5.91 Å². The second kappa shape index (κ2) is 5.26. The van der Waals surface area contributed by atoms with Crippen LogP contribution in [0.2, 0.25) is 0 Å². The number of amides is 1. The molecule has 0 aliphatic heterocycles. The predicted molar refractivity (Wildman–Crippen MR) is 55.5 cm³/mol. The number of carbonyl (C=O) groups is 1. The summed E-state index contributed by atoms with van der Waals surface area (Å²) in [4.78, 5) is 28.1. The maximum absolute atomic E-state index is 11.4. The van der Waals surface area contributed by atoms with E-state index in [2.05, 4.69) is 15.3 Å². The van der Waals surface area contributed by atoms with Crippen LogP contribution >= 0.6 is 0 Å². The van der Waals surface area contributed by atoms with Crippen LogP contribution in [0.5, 0.6) is 0 Å². The van der Waals surface area contributed by atoms with Crippen molar-refractivity contribution in [1.82, 2.24) is 15.3 Å². The van der Waals surface area contributed by atoms with Gasteiger partial charge in [0, 0.05) is 18.8 Å². The van der Waals surface area contributed by atoms with Crippen molar-refractivity contribution in [3.8, 4) is 0 Å². The summed E-state index contributed by atoms with van der Waals surface area (Å²) in [6.07, 6.45) is 3.05. The van der Waals surface area contributed by atoms with Crippen LogP contribution in [0.25, 0.3) is 0 Å². The van der Waals surface area contributed by atoms with Crippen LogP contribution in [0.4, 0.5) is 0 Å². The van der Waals surface area contributed by atoms with Crippen LogP contribution in [0, 0.1) is 0 Å². The number of nitrogens with one attached hydrogen (secondary N) is 2. The molecule has 0 aromatic carbocycles. The van der Waals surface area contributed by atoms with Gasteiger partial charge in [-0.05, 0) is 13.3 Å². The number of rotatable bonds is 4. The monoisotopic (exact) mass is 210 g/mol. The second-order valence-electron chi connectivity index (χ2n) is 3.32. The Morgan fingerprint density at radius 1 is 1.73 bits per heavy atom. The minimum atomic E-state index is -0.331. The summed E-state index contributed by atoms with van der Waals surface area (Å²) < 4.78 is 0. The predicted octanol–water partition coefficient (Wildman–Crippen LogP) is -0.763. The molecule has 15 heavy (non-hydrogen) atoms. The smallest absolute Gasteiger partial charge is 0.271 e. The number of nitrogens with two attached hydrogens (primary N) is 1. The lowest BCUT2D eigenvalue weighted by atomic mass is 10.2. The Hall–Kier alpha value is -1.69.